The maximum atomic E-state index is 13.0. The Hall–Kier alpha value is -6.90. The standard InChI is InChI=1S/C10H12N2O.C9H8FNO.3C8H8N2O/c1-6(2)10-12-9-8(13-10)5-4-7(3)11-9;1-5-3-8-9(4-7(5)10)12-6(2)11-8;1-5-3-7-8(9-4-5)10-6(2)11-7;1-5-3-7-8(9-4-5)11-6(2)10-7;1-5-3-4-7-8(9-5)10-6(2)11-7/h4-6H,1-3H3;3-4H,1-2H3;3*3-4H,1-2H3. The molecule has 0 aliphatic carbocycles. The topological polar surface area (TPSA) is 182 Å². The quantitative estimate of drug-likeness (QED) is 0.153. The van der Waals surface area contributed by atoms with Crippen LogP contribution >= 0.6 is 0 Å². The van der Waals surface area contributed by atoms with Gasteiger partial charge in [-0.2, -0.15) is 15.0 Å². The van der Waals surface area contributed by atoms with E-state index in [-0.39, 0.29) is 5.82 Å². The highest BCUT2D eigenvalue weighted by Gasteiger charge is 2.10. The van der Waals surface area contributed by atoms with Gasteiger partial charge in [-0.25, -0.2) is 34.3 Å². The van der Waals surface area contributed by atoms with Crippen molar-refractivity contribution in [1.29, 1.82) is 0 Å². The molecule has 0 saturated heterocycles. The van der Waals surface area contributed by atoms with Crippen molar-refractivity contribution < 1.29 is 26.5 Å². The van der Waals surface area contributed by atoms with Crippen LogP contribution in [0.4, 0.5) is 4.39 Å². The third-order valence-corrected chi connectivity index (χ3v) is 8.16. The smallest absolute Gasteiger partial charge is 0.246 e. The van der Waals surface area contributed by atoms with Gasteiger partial charge in [0.05, 0.1) is 0 Å². The van der Waals surface area contributed by atoms with Crippen molar-refractivity contribution in [1.82, 2.24) is 44.9 Å². The fraction of sp³-hybridized carbons (Fsp3) is 0.279. The second-order valence-electron chi connectivity index (χ2n) is 13.9. The number of halogens is 1. The molecule has 0 saturated carbocycles. The minimum absolute atomic E-state index is 0.251. The maximum Gasteiger partial charge on any atom is 0.246 e. The van der Waals surface area contributed by atoms with Crippen LogP contribution in [0, 0.1) is 68.1 Å². The Labute approximate surface area is 333 Å². The highest BCUT2D eigenvalue weighted by Crippen LogP contribution is 2.21. The van der Waals surface area contributed by atoms with Gasteiger partial charge in [0.1, 0.15) is 16.9 Å². The Morgan fingerprint density at radius 1 is 0.466 bits per heavy atom. The van der Waals surface area contributed by atoms with Crippen LogP contribution in [-0.4, -0.2) is 44.9 Å². The molecule has 0 spiro atoms. The summed E-state index contributed by atoms with van der Waals surface area (Å²) in [5, 5.41) is 0. The Morgan fingerprint density at radius 3 is 1.69 bits per heavy atom. The average molecular weight is 786 g/mol. The number of nitrogens with zero attached hydrogens (tertiary/aromatic N) is 9. The first-order chi connectivity index (χ1) is 27.6. The number of rotatable bonds is 1. The minimum Gasteiger partial charge on any atom is -0.441 e. The fourth-order valence-corrected chi connectivity index (χ4v) is 5.42. The Balaban J connectivity index is 0.000000122. The summed E-state index contributed by atoms with van der Waals surface area (Å²) < 4.78 is 39.4. The Kier molecular flexibility index (Phi) is 12.3. The molecule has 0 fully saturated rings. The molecule has 9 aromatic heterocycles. The molecule has 0 atom stereocenters. The highest BCUT2D eigenvalue weighted by molar-refractivity contribution is 5.73. The summed E-state index contributed by atoms with van der Waals surface area (Å²) >= 11 is 0. The molecule has 0 unspecified atom stereocenters. The monoisotopic (exact) mass is 785 g/mol. The molecule has 10 aromatic rings. The van der Waals surface area contributed by atoms with E-state index >= 15 is 0 Å². The van der Waals surface area contributed by atoms with E-state index in [1.54, 1.807) is 32.3 Å². The van der Waals surface area contributed by atoms with Gasteiger partial charge in [0.25, 0.3) is 0 Å². The van der Waals surface area contributed by atoms with Crippen LogP contribution in [0.25, 0.3) is 56.0 Å². The van der Waals surface area contributed by atoms with Gasteiger partial charge in [-0.15, -0.1) is 0 Å². The molecule has 0 aliphatic heterocycles. The van der Waals surface area contributed by atoms with Gasteiger partial charge < -0.3 is 22.1 Å². The molecule has 1 aromatic carbocycles. The SMILES string of the molecule is Cc1ccc2oc(C(C)C)nc2n1.Cc1ccc2oc(C)nc2n1.Cc1cnc2nc(C)oc2c1.Cc1cnc2oc(C)nc2c1.Cc1nc2cc(C)c(F)cc2o1. The van der Waals surface area contributed by atoms with E-state index in [1.165, 1.54) is 6.07 Å². The first-order valence-electron chi connectivity index (χ1n) is 18.5. The van der Waals surface area contributed by atoms with Crippen LogP contribution < -0.4 is 0 Å². The first kappa shape index (κ1) is 40.8. The molecule has 58 heavy (non-hydrogen) atoms. The van der Waals surface area contributed by atoms with Crippen LogP contribution in [0.3, 0.4) is 0 Å². The molecule has 10 rings (SSSR count). The first-order valence-corrected chi connectivity index (χ1v) is 18.5. The summed E-state index contributed by atoms with van der Waals surface area (Å²) in [5.41, 5.74) is 11.8. The number of hydrogen-bond acceptors (Lipinski definition) is 14. The number of hydrogen-bond donors (Lipinski definition) is 0. The third kappa shape index (κ3) is 10.3. The summed E-state index contributed by atoms with van der Waals surface area (Å²) in [6.07, 6.45) is 3.55. The highest BCUT2D eigenvalue weighted by atomic mass is 19.1. The summed E-state index contributed by atoms with van der Waals surface area (Å²) in [4.78, 5) is 37.3. The van der Waals surface area contributed by atoms with Crippen molar-refractivity contribution in [3.63, 3.8) is 0 Å². The van der Waals surface area contributed by atoms with Gasteiger partial charge in [0.15, 0.2) is 68.7 Å². The average Bonchev–Trinajstić information content (AvgIpc) is 3.98. The van der Waals surface area contributed by atoms with Crippen molar-refractivity contribution in [2.45, 2.75) is 82.1 Å². The van der Waals surface area contributed by atoms with Crippen molar-refractivity contribution in [3.05, 3.63) is 124 Å². The Morgan fingerprint density at radius 2 is 1.00 bits per heavy atom. The molecule has 14 nitrogen and oxygen atoms in total. The molecule has 298 valence electrons. The predicted octanol–water partition coefficient (Wildman–Crippen LogP) is 10.8. The van der Waals surface area contributed by atoms with E-state index in [1.807, 2.05) is 84.9 Å². The van der Waals surface area contributed by atoms with Crippen LogP contribution in [-0.2, 0) is 0 Å². The van der Waals surface area contributed by atoms with E-state index in [0.29, 0.717) is 68.8 Å². The molecular weight excluding hydrogens is 742 g/mol. The number of aryl methyl sites for hydroxylation is 9. The summed E-state index contributed by atoms with van der Waals surface area (Å²) in [7, 11) is 0. The van der Waals surface area contributed by atoms with Gasteiger partial charge in [-0.3, -0.25) is 0 Å². The van der Waals surface area contributed by atoms with Crippen LogP contribution in [0.15, 0.2) is 83.0 Å². The molecule has 0 radical (unpaired) electrons. The zero-order valence-electron chi connectivity index (χ0n) is 34.3. The van der Waals surface area contributed by atoms with Crippen LogP contribution in [0.5, 0.6) is 0 Å². The van der Waals surface area contributed by atoms with E-state index in [4.69, 9.17) is 22.1 Å². The number of fused-ring (bicyclic) bond motifs is 5. The van der Waals surface area contributed by atoms with Crippen LogP contribution in [0.1, 0.15) is 77.3 Å². The van der Waals surface area contributed by atoms with Gasteiger partial charge in [0.2, 0.25) is 5.71 Å². The largest absolute Gasteiger partial charge is 0.441 e. The van der Waals surface area contributed by atoms with E-state index in [2.05, 4.69) is 58.7 Å². The van der Waals surface area contributed by atoms with E-state index in [9.17, 15) is 4.39 Å². The van der Waals surface area contributed by atoms with Gasteiger partial charge >= 0.3 is 0 Å². The van der Waals surface area contributed by atoms with E-state index < -0.39 is 0 Å². The van der Waals surface area contributed by atoms with Crippen LogP contribution in [0.2, 0.25) is 0 Å². The lowest BCUT2D eigenvalue weighted by Crippen LogP contribution is -1.86. The molecular formula is C43H44FN9O5. The lowest BCUT2D eigenvalue weighted by molar-refractivity contribution is 0.501. The zero-order chi connectivity index (χ0) is 41.7. The molecule has 15 heteroatoms. The minimum atomic E-state index is -0.251. The molecule has 9 heterocycles. The van der Waals surface area contributed by atoms with Gasteiger partial charge in [-0.05, 0) is 93.8 Å². The summed E-state index contributed by atoms with van der Waals surface area (Å²) in [5.74, 6) is 3.38. The Bertz CT molecular complexity index is 2750. The van der Waals surface area contributed by atoms with Gasteiger partial charge in [-0.1, -0.05) is 13.8 Å². The zero-order valence-corrected chi connectivity index (χ0v) is 34.3. The lowest BCUT2D eigenvalue weighted by atomic mass is 10.2. The van der Waals surface area contributed by atoms with Crippen molar-refractivity contribution >= 4 is 56.0 Å². The van der Waals surface area contributed by atoms with E-state index in [0.717, 1.165) is 50.7 Å². The second-order valence-corrected chi connectivity index (χ2v) is 13.9. The predicted molar refractivity (Wildman–Crippen MR) is 218 cm³/mol. The van der Waals surface area contributed by atoms with Gasteiger partial charge in [0, 0.05) is 63.5 Å². The van der Waals surface area contributed by atoms with Crippen molar-refractivity contribution in [2.75, 3.05) is 0 Å². The number of oxazole rings is 5. The maximum absolute atomic E-state index is 13.0. The molecule has 0 N–H and O–H groups in total. The third-order valence-electron chi connectivity index (χ3n) is 8.16. The molecule has 0 bridgehead atoms. The molecule has 0 aliphatic rings. The number of pyridine rings is 4. The molecule has 0 amide bonds. The summed E-state index contributed by atoms with van der Waals surface area (Å²) in [6.45, 7) is 20.8. The van der Waals surface area contributed by atoms with Crippen molar-refractivity contribution in [2.24, 2.45) is 0 Å². The normalized spacial score (nSPS) is 10.9. The second kappa shape index (κ2) is 17.5. The number of aromatic nitrogens is 9. The summed E-state index contributed by atoms with van der Waals surface area (Å²) in [6, 6.07) is 14.6. The number of benzene rings is 1. The fourth-order valence-electron chi connectivity index (χ4n) is 5.42. The lowest BCUT2D eigenvalue weighted by Gasteiger charge is -1.93. The van der Waals surface area contributed by atoms with Crippen molar-refractivity contribution in [3.8, 4) is 0 Å².